The molecule has 7 heteroatoms. The van der Waals surface area contributed by atoms with Gasteiger partial charge in [0, 0.05) is 19.5 Å². The van der Waals surface area contributed by atoms with Crippen molar-refractivity contribution < 1.29 is 144 Å². The van der Waals surface area contributed by atoms with Gasteiger partial charge in [-0.1, -0.05) is 0 Å². The van der Waals surface area contributed by atoms with Crippen molar-refractivity contribution in [3.05, 3.63) is 0 Å². The number of rotatable bonds is 0. The van der Waals surface area contributed by atoms with Gasteiger partial charge in [-0.25, -0.2) is 0 Å². The van der Waals surface area contributed by atoms with E-state index in [2.05, 4.69) is 0 Å². The Morgan fingerprint density at radius 2 is 0.545 bits per heavy atom. The van der Waals surface area contributed by atoms with Crippen molar-refractivity contribution in [3.63, 3.8) is 0 Å². The van der Waals surface area contributed by atoms with Gasteiger partial charge in [0.2, 0.25) is 0 Å². The van der Waals surface area contributed by atoms with Crippen molar-refractivity contribution in [1.82, 2.24) is 0 Å². The Morgan fingerprint density at radius 1 is 0.545 bits per heavy atom. The minimum atomic E-state index is 0. The molecule has 0 heterocycles. The van der Waals surface area contributed by atoms with Crippen LogP contribution in [-0.4, -0.2) is 27.2 Å². The van der Waals surface area contributed by atoms with Crippen LogP contribution in [0.15, 0.2) is 0 Å². The molecule has 0 aliphatic carbocycles. The van der Waals surface area contributed by atoms with E-state index >= 15 is 0 Å². The van der Waals surface area contributed by atoms with Crippen LogP contribution < -0.4 is 103 Å². The van der Waals surface area contributed by atoms with Gasteiger partial charge >= 0.3 is 103 Å². The smallest absolute Gasteiger partial charge is 1.00 e. The normalized spacial score (nSPS) is 1.45. The third-order valence-corrected chi connectivity index (χ3v) is 0. The summed E-state index contributed by atoms with van der Waals surface area (Å²) in [6, 6.07) is 0. The molecule has 0 aliphatic heterocycles. The first-order valence-corrected chi connectivity index (χ1v) is 1.15. The molecule has 0 atom stereocenters. The van der Waals surface area contributed by atoms with Gasteiger partial charge in [-0.15, -0.1) is 0 Å². The molecule has 0 aromatic carbocycles. The van der Waals surface area contributed by atoms with Crippen LogP contribution in [0.4, 0.5) is 0 Å². The molecular weight excluding hydrogens is 291 g/mol. The molecule has 0 bridgehead atoms. The topological polar surface area (TPSA) is 68.3 Å². The zero-order valence-electron chi connectivity index (χ0n) is 8.81. The second-order valence-corrected chi connectivity index (χ2v) is 0. The van der Waals surface area contributed by atoms with E-state index in [9.17, 15) is 0 Å². The van der Waals surface area contributed by atoms with Gasteiger partial charge in [0.05, 0.1) is 0 Å². The van der Waals surface area contributed by atoms with E-state index in [0.29, 0.717) is 0 Å². The second-order valence-electron chi connectivity index (χ2n) is 0. The SMILES string of the molecule is C=O.C=O.C=O.C=O.[H-].[H-].[K+].[K+].[Ru]. The molecule has 0 unspecified atom stereocenters. The molecule has 0 aliphatic rings. The zero-order chi connectivity index (χ0) is 8.00. The number of hydrogen-bond acceptors (Lipinski definition) is 4. The van der Waals surface area contributed by atoms with E-state index in [-0.39, 0.29) is 125 Å². The predicted molar refractivity (Wildman–Crippen MR) is 30.7 cm³/mol. The van der Waals surface area contributed by atoms with Crippen LogP contribution in [0.25, 0.3) is 0 Å². The van der Waals surface area contributed by atoms with Gasteiger partial charge in [-0.3, -0.25) is 0 Å². The Bertz CT molecular complexity index is 36.1. The van der Waals surface area contributed by atoms with Crippen LogP contribution in [-0.2, 0) is 38.7 Å². The fraction of sp³-hybridized carbons (Fsp3) is 0. The summed E-state index contributed by atoms with van der Waals surface area (Å²) in [6.45, 7) is 8.00. The summed E-state index contributed by atoms with van der Waals surface area (Å²) in [4.78, 5) is 32.0. The average Bonchev–Trinajstić information content (AvgIpc) is 2.03. The minimum Gasteiger partial charge on any atom is -1.00 e. The van der Waals surface area contributed by atoms with Gasteiger partial charge < -0.3 is 22.0 Å². The largest absolute Gasteiger partial charge is 1.00 e. The molecule has 0 saturated carbocycles. The average molecular weight is 301 g/mol. The van der Waals surface area contributed by atoms with E-state index in [0.717, 1.165) is 0 Å². The fourth-order valence-electron chi connectivity index (χ4n) is 0. The van der Waals surface area contributed by atoms with Crippen LogP contribution in [0.5, 0.6) is 0 Å². The summed E-state index contributed by atoms with van der Waals surface area (Å²) in [5.41, 5.74) is 0. The molecule has 11 heavy (non-hydrogen) atoms. The van der Waals surface area contributed by atoms with E-state index in [1.165, 1.54) is 0 Å². The van der Waals surface area contributed by atoms with Crippen LogP contribution >= 0.6 is 0 Å². The van der Waals surface area contributed by atoms with Crippen LogP contribution in [0.2, 0.25) is 0 Å². The van der Waals surface area contributed by atoms with E-state index in [1.807, 2.05) is 27.2 Å². The monoisotopic (exact) mass is 302 g/mol. The predicted octanol–water partition coefficient (Wildman–Crippen LogP) is -6.51. The molecule has 0 spiro atoms. The van der Waals surface area contributed by atoms with Crippen LogP contribution in [0.3, 0.4) is 0 Å². The zero-order valence-corrected chi connectivity index (χ0v) is 14.8. The van der Waals surface area contributed by atoms with Crippen molar-refractivity contribution >= 4 is 27.2 Å². The first-order chi connectivity index (χ1) is 4.00. The molecule has 60 valence electrons. The van der Waals surface area contributed by atoms with Gasteiger partial charge in [0.1, 0.15) is 27.2 Å². The molecule has 0 amide bonds. The molecule has 0 fully saturated rings. The fourth-order valence-corrected chi connectivity index (χ4v) is 0. The van der Waals surface area contributed by atoms with Gasteiger partial charge in [-0.2, -0.15) is 0 Å². The van der Waals surface area contributed by atoms with Gasteiger partial charge in [-0.05, 0) is 0 Å². The molecule has 4 nitrogen and oxygen atoms in total. The van der Waals surface area contributed by atoms with Crippen molar-refractivity contribution in [2.45, 2.75) is 0 Å². The first kappa shape index (κ1) is 49.7. The summed E-state index contributed by atoms with van der Waals surface area (Å²) in [5.74, 6) is 0. The summed E-state index contributed by atoms with van der Waals surface area (Å²) >= 11 is 0. The van der Waals surface area contributed by atoms with Crippen LogP contribution in [0, 0.1) is 0 Å². The molecule has 0 aromatic heterocycles. The van der Waals surface area contributed by atoms with Gasteiger partial charge in [0.15, 0.2) is 0 Å². The molecule has 0 aromatic rings. The Kier molecular flexibility index (Phi) is 1150. The molecule has 0 N–H and O–H groups in total. The molecule has 0 radical (unpaired) electrons. The summed E-state index contributed by atoms with van der Waals surface area (Å²) in [6.07, 6.45) is 0. The van der Waals surface area contributed by atoms with Crippen molar-refractivity contribution in [2.75, 3.05) is 0 Å². The Morgan fingerprint density at radius 3 is 0.545 bits per heavy atom. The Hall–Kier alpha value is 2.58. The number of hydrogen-bond donors (Lipinski definition) is 0. The van der Waals surface area contributed by atoms with E-state index in [1.54, 1.807) is 0 Å². The summed E-state index contributed by atoms with van der Waals surface area (Å²) in [7, 11) is 0. The van der Waals surface area contributed by atoms with Crippen molar-refractivity contribution in [2.24, 2.45) is 0 Å². The quantitative estimate of drug-likeness (QED) is 0.417. The maximum atomic E-state index is 8.00. The minimum absolute atomic E-state index is 0. The molecule has 0 saturated heterocycles. The first-order valence-electron chi connectivity index (χ1n) is 1.15. The maximum absolute atomic E-state index is 8.00. The summed E-state index contributed by atoms with van der Waals surface area (Å²) < 4.78 is 0. The summed E-state index contributed by atoms with van der Waals surface area (Å²) in [5, 5.41) is 0. The Labute approximate surface area is 167 Å². The van der Waals surface area contributed by atoms with E-state index < -0.39 is 0 Å². The molecule has 0 rings (SSSR count). The second kappa shape index (κ2) is 254. The third-order valence-electron chi connectivity index (χ3n) is 0. The van der Waals surface area contributed by atoms with E-state index in [4.69, 9.17) is 19.2 Å². The van der Waals surface area contributed by atoms with Crippen molar-refractivity contribution in [1.29, 1.82) is 0 Å². The standard InChI is InChI=1S/4CH2O.2K.Ru.2H/c4*1-2;;;;;/h4*1H2;;;;;/q;;;;2*+1;;2*-1. The molecular formula is C4H10K2O4Ru. The number of carbonyl (C=O) groups excluding carboxylic acids is 4. The Balaban J connectivity index is -0.00000000208. The maximum Gasteiger partial charge on any atom is 1.00 e. The number of carbonyl (C=O) groups is 4. The van der Waals surface area contributed by atoms with Crippen LogP contribution in [0.1, 0.15) is 2.85 Å². The van der Waals surface area contributed by atoms with Crippen molar-refractivity contribution in [3.8, 4) is 0 Å². The third kappa shape index (κ3) is 212. The van der Waals surface area contributed by atoms with Gasteiger partial charge in [0.25, 0.3) is 0 Å².